The van der Waals surface area contributed by atoms with E-state index in [2.05, 4.69) is 12.1 Å². The van der Waals surface area contributed by atoms with Crippen molar-refractivity contribution in [2.75, 3.05) is 19.6 Å². The Kier molecular flexibility index (Phi) is 5.27. The fourth-order valence-electron chi connectivity index (χ4n) is 5.25. The molecule has 1 aliphatic heterocycles. The summed E-state index contributed by atoms with van der Waals surface area (Å²) in [6.07, 6.45) is 7.49. The zero-order valence-corrected chi connectivity index (χ0v) is 15.1. The van der Waals surface area contributed by atoms with Crippen LogP contribution in [0.15, 0.2) is 24.3 Å². The van der Waals surface area contributed by atoms with Gasteiger partial charge in [0.05, 0.1) is 13.1 Å². The van der Waals surface area contributed by atoms with Crippen LogP contribution < -0.4 is 17.3 Å². The van der Waals surface area contributed by atoms with E-state index in [1.807, 2.05) is 12.1 Å². The van der Waals surface area contributed by atoms with E-state index in [0.717, 1.165) is 36.2 Å². The first kappa shape index (κ1) is 17.5. The fourth-order valence-corrected chi connectivity index (χ4v) is 5.45. The molecule has 1 saturated heterocycles. The van der Waals surface area contributed by atoms with Crippen molar-refractivity contribution in [1.29, 1.82) is 0 Å². The Balaban J connectivity index is 0.00000156. The molecule has 3 atom stereocenters. The van der Waals surface area contributed by atoms with Gasteiger partial charge in [0.2, 0.25) is 0 Å². The third kappa shape index (κ3) is 3.28. The highest BCUT2D eigenvalue weighted by molar-refractivity contribution is 6.30. The summed E-state index contributed by atoms with van der Waals surface area (Å²) in [5, 5.41) is 11.8. The largest absolute Gasteiger partial charge is 1.00 e. The number of quaternary nitrogens is 1. The molecule has 1 heterocycles. The van der Waals surface area contributed by atoms with E-state index < -0.39 is 0 Å². The summed E-state index contributed by atoms with van der Waals surface area (Å²) < 4.78 is 0. The number of aliphatic hydroxyl groups excluding tert-OH is 1. The minimum Gasteiger partial charge on any atom is -1.00 e. The Bertz CT molecular complexity index is 534. The number of rotatable bonds is 4. The lowest BCUT2D eigenvalue weighted by molar-refractivity contribution is -0.914. The number of likely N-dealkylation sites (tertiary alicyclic amines) is 1. The SMILES string of the molecule is OC(C[NH+]1CC2CCC(C2)C1)C1(c2cccc(Cl)c2)CCC1.[Cl-]. The summed E-state index contributed by atoms with van der Waals surface area (Å²) >= 11 is 6.19. The first-order valence-electron chi connectivity index (χ1n) is 8.93. The van der Waals surface area contributed by atoms with Gasteiger partial charge in [-0.2, -0.15) is 0 Å². The first-order valence-corrected chi connectivity index (χ1v) is 9.31. The molecule has 2 aliphatic carbocycles. The van der Waals surface area contributed by atoms with Gasteiger partial charge in [0.1, 0.15) is 12.6 Å². The zero-order valence-electron chi connectivity index (χ0n) is 13.6. The molecule has 2 saturated carbocycles. The number of hydrogen-bond donors (Lipinski definition) is 2. The van der Waals surface area contributed by atoms with Crippen LogP contribution in [-0.2, 0) is 5.41 Å². The number of piperidine rings is 1. The first-order chi connectivity index (χ1) is 10.7. The molecule has 4 rings (SSSR count). The predicted molar refractivity (Wildman–Crippen MR) is 89.4 cm³/mol. The van der Waals surface area contributed by atoms with Crippen molar-refractivity contribution in [2.24, 2.45) is 11.8 Å². The van der Waals surface area contributed by atoms with Crippen LogP contribution in [0.25, 0.3) is 0 Å². The van der Waals surface area contributed by atoms with Crippen molar-refractivity contribution in [2.45, 2.75) is 50.0 Å². The number of fused-ring (bicyclic) bond motifs is 2. The van der Waals surface area contributed by atoms with E-state index in [4.69, 9.17) is 11.6 Å². The van der Waals surface area contributed by atoms with E-state index in [1.165, 1.54) is 44.3 Å². The lowest BCUT2D eigenvalue weighted by Crippen LogP contribution is -3.15. The number of nitrogens with one attached hydrogen (secondary N) is 1. The Labute approximate surface area is 150 Å². The molecule has 0 amide bonds. The highest BCUT2D eigenvalue weighted by Gasteiger charge is 2.47. The summed E-state index contributed by atoms with van der Waals surface area (Å²) in [4.78, 5) is 1.64. The standard InChI is InChI=1S/C19H26ClNO.ClH/c20-17-4-1-3-16(10-17)19(7-2-8-19)18(22)13-21-11-14-5-6-15(9-14)12-21;/h1,3-4,10,14-15,18,22H,2,5-9,11-13H2;1H. The summed E-state index contributed by atoms with van der Waals surface area (Å²) in [6, 6.07) is 8.18. The molecule has 2 bridgehead atoms. The van der Waals surface area contributed by atoms with Gasteiger partial charge in [-0.25, -0.2) is 0 Å². The fraction of sp³-hybridized carbons (Fsp3) is 0.684. The maximum atomic E-state index is 11.0. The monoisotopic (exact) mass is 355 g/mol. The molecule has 23 heavy (non-hydrogen) atoms. The molecule has 0 aromatic heterocycles. The van der Waals surface area contributed by atoms with E-state index in [-0.39, 0.29) is 23.9 Å². The van der Waals surface area contributed by atoms with Gasteiger partial charge >= 0.3 is 0 Å². The van der Waals surface area contributed by atoms with Gasteiger partial charge in [-0.1, -0.05) is 30.2 Å². The second-order valence-electron chi connectivity index (χ2n) is 7.94. The Morgan fingerprint density at radius 2 is 1.91 bits per heavy atom. The summed E-state index contributed by atoms with van der Waals surface area (Å²) in [6.45, 7) is 3.47. The highest BCUT2D eigenvalue weighted by Crippen LogP contribution is 2.46. The molecule has 2 N–H and O–H groups in total. The Morgan fingerprint density at radius 3 is 2.48 bits per heavy atom. The third-order valence-corrected chi connectivity index (χ3v) is 6.80. The molecular weight excluding hydrogens is 329 g/mol. The van der Waals surface area contributed by atoms with Crippen LogP contribution in [0.2, 0.25) is 5.02 Å². The van der Waals surface area contributed by atoms with E-state index >= 15 is 0 Å². The van der Waals surface area contributed by atoms with Gasteiger partial charge in [-0.05, 0) is 49.8 Å². The van der Waals surface area contributed by atoms with Gasteiger partial charge in [0.25, 0.3) is 0 Å². The molecule has 128 valence electrons. The summed E-state index contributed by atoms with van der Waals surface area (Å²) in [5.41, 5.74) is 1.21. The maximum absolute atomic E-state index is 11.0. The van der Waals surface area contributed by atoms with Crippen LogP contribution in [-0.4, -0.2) is 30.8 Å². The topological polar surface area (TPSA) is 24.7 Å². The predicted octanol–water partition coefficient (Wildman–Crippen LogP) is -0.559. The number of halogens is 2. The number of benzene rings is 1. The van der Waals surface area contributed by atoms with Gasteiger partial charge in [-0.15, -0.1) is 0 Å². The normalized spacial score (nSPS) is 32.7. The quantitative estimate of drug-likeness (QED) is 0.743. The number of aliphatic hydroxyl groups is 1. The van der Waals surface area contributed by atoms with Crippen LogP contribution in [0.1, 0.15) is 44.1 Å². The zero-order chi connectivity index (χ0) is 15.2. The van der Waals surface area contributed by atoms with Gasteiger partial charge in [0.15, 0.2) is 0 Å². The van der Waals surface area contributed by atoms with Gasteiger partial charge in [0, 0.05) is 22.3 Å². The third-order valence-electron chi connectivity index (χ3n) is 6.57. The van der Waals surface area contributed by atoms with Crippen LogP contribution in [0.4, 0.5) is 0 Å². The van der Waals surface area contributed by atoms with Crippen molar-refractivity contribution in [3.05, 3.63) is 34.9 Å². The minimum atomic E-state index is -0.229. The van der Waals surface area contributed by atoms with Crippen molar-refractivity contribution >= 4 is 11.6 Å². The van der Waals surface area contributed by atoms with Crippen molar-refractivity contribution in [1.82, 2.24) is 0 Å². The Morgan fingerprint density at radius 1 is 1.22 bits per heavy atom. The summed E-state index contributed by atoms with van der Waals surface area (Å²) in [5.74, 6) is 1.84. The molecule has 3 fully saturated rings. The molecule has 3 unspecified atom stereocenters. The molecule has 0 spiro atoms. The average Bonchev–Trinajstić information content (AvgIpc) is 2.77. The molecule has 3 aliphatic rings. The average molecular weight is 356 g/mol. The van der Waals surface area contributed by atoms with Crippen molar-refractivity contribution < 1.29 is 22.4 Å². The molecule has 1 aromatic carbocycles. The molecule has 1 aromatic rings. The van der Waals surface area contributed by atoms with E-state index in [1.54, 1.807) is 4.90 Å². The maximum Gasteiger partial charge on any atom is 0.112 e. The van der Waals surface area contributed by atoms with Crippen molar-refractivity contribution in [3.63, 3.8) is 0 Å². The van der Waals surface area contributed by atoms with Crippen molar-refractivity contribution in [3.8, 4) is 0 Å². The molecule has 2 nitrogen and oxygen atoms in total. The minimum absolute atomic E-state index is 0. The van der Waals surface area contributed by atoms with E-state index in [9.17, 15) is 5.11 Å². The highest BCUT2D eigenvalue weighted by atomic mass is 35.5. The second kappa shape index (κ2) is 6.92. The van der Waals surface area contributed by atoms with Crippen LogP contribution in [0, 0.1) is 11.8 Å². The Hall–Kier alpha value is -0.280. The lowest BCUT2D eigenvalue weighted by Gasteiger charge is -2.47. The molecule has 4 heteroatoms. The lowest BCUT2D eigenvalue weighted by atomic mass is 9.61. The van der Waals surface area contributed by atoms with Gasteiger partial charge < -0.3 is 22.4 Å². The summed E-state index contributed by atoms with van der Waals surface area (Å²) in [7, 11) is 0. The van der Waals surface area contributed by atoms with Gasteiger partial charge in [-0.3, -0.25) is 0 Å². The molecule has 0 radical (unpaired) electrons. The second-order valence-corrected chi connectivity index (χ2v) is 8.38. The number of hydrogen-bond acceptors (Lipinski definition) is 1. The van der Waals surface area contributed by atoms with Crippen LogP contribution >= 0.6 is 11.6 Å². The van der Waals surface area contributed by atoms with E-state index in [0.29, 0.717) is 0 Å². The van der Waals surface area contributed by atoms with Crippen LogP contribution in [0.5, 0.6) is 0 Å². The smallest absolute Gasteiger partial charge is 0.112 e. The molecular formula is C19H27Cl2NO. The van der Waals surface area contributed by atoms with Crippen LogP contribution in [0.3, 0.4) is 0 Å².